The van der Waals surface area contributed by atoms with Crippen LogP contribution in [0.5, 0.6) is 0 Å². The average Bonchev–Trinajstić information content (AvgIpc) is 2.43. The van der Waals surface area contributed by atoms with Gasteiger partial charge in [-0.1, -0.05) is 0 Å². The van der Waals surface area contributed by atoms with E-state index in [0.717, 1.165) is 19.6 Å². The summed E-state index contributed by atoms with van der Waals surface area (Å²) in [6, 6.07) is -0.127. The Morgan fingerprint density at radius 2 is 2.10 bits per heavy atom. The molecule has 8 heteroatoms. The number of carboxylic acids is 1. The van der Waals surface area contributed by atoms with Crippen LogP contribution < -0.4 is 5.32 Å². The molecule has 2 N–H and O–H groups in total. The molecule has 1 fully saturated rings. The summed E-state index contributed by atoms with van der Waals surface area (Å²) in [7, 11) is 5.60. The molecule has 1 heterocycles. The van der Waals surface area contributed by atoms with Gasteiger partial charge in [0.05, 0.1) is 6.61 Å². The summed E-state index contributed by atoms with van der Waals surface area (Å²) in [5.41, 5.74) is 0. The number of likely N-dealkylation sites (N-methyl/N-ethyl adjacent to an activating group) is 2. The van der Waals surface area contributed by atoms with Gasteiger partial charge >= 0.3 is 12.0 Å². The van der Waals surface area contributed by atoms with E-state index in [1.165, 1.54) is 12.0 Å². The number of carbonyl (C=O) groups excluding carboxylic acids is 1. The average molecular weight is 302 g/mol. The monoisotopic (exact) mass is 302 g/mol. The summed E-state index contributed by atoms with van der Waals surface area (Å²) >= 11 is 0. The lowest BCUT2D eigenvalue weighted by molar-refractivity contribution is -0.137. The number of hydrogen-bond donors (Lipinski definition) is 2. The Morgan fingerprint density at radius 3 is 2.71 bits per heavy atom. The molecule has 1 aliphatic rings. The number of amides is 2. The SMILES string of the molecule is COCCN(CC(=O)O)C(=O)NCC1CN(C)CCN1C. The first-order chi connectivity index (χ1) is 9.93. The summed E-state index contributed by atoms with van der Waals surface area (Å²) in [4.78, 5) is 28.6. The summed E-state index contributed by atoms with van der Waals surface area (Å²) in [6.07, 6.45) is 0. The highest BCUT2D eigenvalue weighted by Gasteiger charge is 2.24. The largest absolute Gasteiger partial charge is 0.480 e. The van der Waals surface area contributed by atoms with Gasteiger partial charge in [0.15, 0.2) is 0 Å². The number of ether oxygens (including phenoxy) is 1. The van der Waals surface area contributed by atoms with Crippen LogP contribution in [0.2, 0.25) is 0 Å². The molecule has 0 saturated carbocycles. The van der Waals surface area contributed by atoms with Gasteiger partial charge in [0.25, 0.3) is 0 Å². The molecule has 2 amide bonds. The number of methoxy groups -OCH3 is 1. The molecule has 1 rings (SSSR count). The molecule has 1 unspecified atom stereocenters. The van der Waals surface area contributed by atoms with Crippen LogP contribution in [0.3, 0.4) is 0 Å². The van der Waals surface area contributed by atoms with E-state index >= 15 is 0 Å². The number of carboxylic acid groups (broad SMARTS) is 1. The van der Waals surface area contributed by atoms with E-state index < -0.39 is 5.97 Å². The van der Waals surface area contributed by atoms with Crippen LogP contribution in [0.4, 0.5) is 4.79 Å². The van der Waals surface area contributed by atoms with E-state index in [1.807, 2.05) is 7.05 Å². The fraction of sp³-hybridized carbons (Fsp3) is 0.846. The van der Waals surface area contributed by atoms with Gasteiger partial charge < -0.3 is 25.0 Å². The summed E-state index contributed by atoms with van der Waals surface area (Å²) in [5, 5.41) is 11.7. The van der Waals surface area contributed by atoms with E-state index in [4.69, 9.17) is 9.84 Å². The normalized spacial score (nSPS) is 20.2. The van der Waals surface area contributed by atoms with Crippen molar-refractivity contribution in [2.75, 3.05) is 67.1 Å². The van der Waals surface area contributed by atoms with E-state index in [2.05, 4.69) is 22.2 Å². The van der Waals surface area contributed by atoms with Crippen molar-refractivity contribution in [1.82, 2.24) is 20.0 Å². The van der Waals surface area contributed by atoms with Gasteiger partial charge in [-0.2, -0.15) is 0 Å². The molecular formula is C13H26N4O4. The van der Waals surface area contributed by atoms with Crippen LogP contribution in [0.1, 0.15) is 0 Å². The van der Waals surface area contributed by atoms with Gasteiger partial charge in [-0.25, -0.2) is 4.79 Å². The van der Waals surface area contributed by atoms with E-state index in [9.17, 15) is 9.59 Å². The summed E-state index contributed by atoms with van der Waals surface area (Å²) < 4.78 is 4.90. The third-order valence-electron chi connectivity index (χ3n) is 3.65. The third kappa shape index (κ3) is 6.28. The lowest BCUT2D eigenvalue weighted by Gasteiger charge is -2.38. The number of nitrogens with zero attached hydrogens (tertiary/aromatic N) is 3. The lowest BCUT2D eigenvalue weighted by atomic mass is 10.2. The second-order valence-corrected chi connectivity index (χ2v) is 5.39. The first kappa shape index (κ1) is 17.7. The molecule has 0 aromatic heterocycles. The molecule has 0 radical (unpaired) electrons. The zero-order chi connectivity index (χ0) is 15.8. The Hall–Kier alpha value is -1.38. The topological polar surface area (TPSA) is 85.3 Å². The van der Waals surface area contributed by atoms with Crippen LogP contribution in [-0.2, 0) is 9.53 Å². The van der Waals surface area contributed by atoms with E-state index in [-0.39, 0.29) is 25.2 Å². The smallest absolute Gasteiger partial charge is 0.323 e. The predicted octanol–water partition coefficient (Wildman–Crippen LogP) is -1.03. The Balaban J connectivity index is 2.46. The zero-order valence-corrected chi connectivity index (χ0v) is 13.0. The van der Waals surface area contributed by atoms with Crippen molar-refractivity contribution in [2.24, 2.45) is 0 Å². The van der Waals surface area contributed by atoms with Crippen LogP contribution in [0.15, 0.2) is 0 Å². The first-order valence-corrected chi connectivity index (χ1v) is 7.06. The number of piperazine rings is 1. The third-order valence-corrected chi connectivity index (χ3v) is 3.65. The first-order valence-electron chi connectivity index (χ1n) is 7.06. The Bertz CT molecular complexity index is 353. The van der Waals surface area contributed by atoms with Gasteiger partial charge in [0.1, 0.15) is 6.54 Å². The Kier molecular flexibility index (Phi) is 7.41. The highest BCUT2D eigenvalue weighted by atomic mass is 16.5. The molecule has 0 aromatic rings. The maximum atomic E-state index is 12.1. The lowest BCUT2D eigenvalue weighted by Crippen LogP contribution is -2.56. The molecule has 0 aliphatic carbocycles. The quantitative estimate of drug-likeness (QED) is 0.626. The fourth-order valence-corrected chi connectivity index (χ4v) is 2.26. The highest BCUT2D eigenvalue weighted by Crippen LogP contribution is 2.05. The summed E-state index contributed by atoms with van der Waals surface area (Å²) in [5.74, 6) is -1.03. The molecule has 122 valence electrons. The molecule has 0 spiro atoms. The molecule has 0 bridgehead atoms. The van der Waals surface area contributed by atoms with Crippen molar-refractivity contribution < 1.29 is 19.4 Å². The fourth-order valence-electron chi connectivity index (χ4n) is 2.26. The maximum absolute atomic E-state index is 12.1. The molecule has 0 aromatic carbocycles. The standard InChI is InChI=1S/C13H26N4O4/c1-15-4-5-16(2)11(9-15)8-14-13(20)17(6-7-21-3)10-12(18)19/h11H,4-10H2,1-3H3,(H,14,20)(H,18,19). The van der Waals surface area contributed by atoms with Crippen LogP contribution >= 0.6 is 0 Å². The Morgan fingerprint density at radius 1 is 1.38 bits per heavy atom. The number of aliphatic carboxylic acids is 1. The molecule has 1 saturated heterocycles. The van der Waals surface area contributed by atoms with Crippen molar-refractivity contribution in [2.45, 2.75) is 6.04 Å². The van der Waals surface area contributed by atoms with Crippen molar-refractivity contribution >= 4 is 12.0 Å². The van der Waals surface area contributed by atoms with Crippen molar-refractivity contribution in [3.8, 4) is 0 Å². The number of rotatable bonds is 7. The van der Waals surface area contributed by atoms with Crippen LogP contribution in [0, 0.1) is 0 Å². The maximum Gasteiger partial charge on any atom is 0.323 e. The minimum absolute atomic E-state index is 0.238. The second-order valence-electron chi connectivity index (χ2n) is 5.39. The number of carbonyl (C=O) groups is 2. The van der Waals surface area contributed by atoms with E-state index in [1.54, 1.807) is 0 Å². The van der Waals surface area contributed by atoms with Gasteiger partial charge in [-0.15, -0.1) is 0 Å². The van der Waals surface area contributed by atoms with Gasteiger partial charge in [0.2, 0.25) is 0 Å². The molecule has 8 nitrogen and oxygen atoms in total. The van der Waals surface area contributed by atoms with Gasteiger partial charge in [-0.05, 0) is 14.1 Å². The Labute approximate surface area is 125 Å². The van der Waals surface area contributed by atoms with Crippen molar-refractivity contribution in [3.63, 3.8) is 0 Å². The highest BCUT2D eigenvalue weighted by molar-refractivity contribution is 5.80. The number of nitrogens with one attached hydrogen (secondary N) is 1. The number of urea groups is 1. The van der Waals surface area contributed by atoms with Crippen molar-refractivity contribution in [3.05, 3.63) is 0 Å². The predicted molar refractivity (Wildman–Crippen MR) is 78.4 cm³/mol. The zero-order valence-electron chi connectivity index (χ0n) is 13.0. The van der Waals surface area contributed by atoms with Crippen molar-refractivity contribution in [1.29, 1.82) is 0 Å². The molecular weight excluding hydrogens is 276 g/mol. The van der Waals surface area contributed by atoms with Crippen LogP contribution in [-0.4, -0.2) is 105 Å². The molecule has 1 aliphatic heterocycles. The van der Waals surface area contributed by atoms with Gasteiger partial charge in [0, 0.05) is 45.9 Å². The number of hydrogen-bond acceptors (Lipinski definition) is 5. The van der Waals surface area contributed by atoms with Gasteiger partial charge in [-0.3, -0.25) is 9.69 Å². The minimum Gasteiger partial charge on any atom is -0.480 e. The summed E-state index contributed by atoms with van der Waals surface area (Å²) in [6.45, 7) is 3.60. The van der Waals surface area contributed by atoms with E-state index in [0.29, 0.717) is 13.2 Å². The van der Waals surface area contributed by atoms with Crippen LogP contribution in [0.25, 0.3) is 0 Å². The molecule has 21 heavy (non-hydrogen) atoms. The second kappa shape index (κ2) is 8.81. The molecule has 1 atom stereocenters. The minimum atomic E-state index is -1.03.